The maximum atomic E-state index is 11.4. The van der Waals surface area contributed by atoms with Crippen LogP contribution in [0.25, 0.3) is 0 Å². The minimum atomic E-state index is -1.93. The Morgan fingerprint density at radius 2 is 1.86 bits per heavy atom. The molecule has 7 heteroatoms. The van der Waals surface area contributed by atoms with Crippen LogP contribution in [-0.2, 0) is 11.8 Å². The minimum Gasteiger partial charge on any atom is -0.544 e. The zero-order chi connectivity index (χ0) is 21.6. The van der Waals surface area contributed by atoms with Crippen LogP contribution in [0.3, 0.4) is 0 Å². The Bertz CT molecular complexity index is 1010. The molecule has 29 heavy (non-hydrogen) atoms. The van der Waals surface area contributed by atoms with Crippen LogP contribution in [-0.4, -0.2) is 25.8 Å². The lowest BCUT2D eigenvalue weighted by Gasteiger charge is -2.40. The minimum absolute atomic E-state index is 0.0322. The Hall–Kier alpha value is -2.85. The van der Waals surface area contributed by atoms with E-state index >= 15 is 0 Å². The van der Waals surface area contributed by atoms with Crippen LogP contribution in [0, 0.1) is 21.4 Å². The van der Waals surface area contributed by atoms with Gasteiger partial charge in [0.05, 0.1) is 11.0 Å². The number of non-ortho nitro benzene ring substituents is 1. The molecule has 2 aromatic rings. The molecule has 0 bridgehead atoms. The molecule has 0 fully saturated rings. The zero-order valence-corrected chi connectivity index (χ0v) is 18.8. The number of para-hydroxylation sites is 1. The highest BCUT2D eigenvalue weighted by molar-refractivity contribution is 6.70. The van der Waals surface area contributed by atoms with Crippen molar-refractivity contribution in [1.29, 1.82) is 5.26 Å². The van der Waals surface area contributed by atoms with Crippen molar-refractivity contribution >= 4 is 19.7 Å². The fourth-order valence-electron chi connectivity index (χ4n) is 4.20. The molecule has 0 aliphatic carbocycles. The van der Waals surface area contributed by atoms with Crippen LogP contribution in [0.5, 0.6) is 5.75 Å². The van der Waals surface area contributed by atoms with Crippen LogP contribution in [0.4, 0.5) is 11.4 Å². The van der Waals surface area contributed by atoms with Crippen LogP contribution in [0.2, 0.25) is 19.6 Å². The molecule has 3 rings (SSSR count). The molecule has 2 aromatic carbocycles. The van der Waals surface area contributed by atoms with Gasteiger partial charge in [-0.3, -0.25) is 10.1 Å². The lowest BCUT2D eigenvalue weighted by molar-refractivity contribution is -0.384. The van der Waals surface area contributed by atoms with Gasteiger partial charge in [-0.2, -0.15) is 5.26 Å². The predicted octanol–water partition coefficient (Wildman–Crippen LogP) is 5.04. The normalized spacial score (nSPS) is 23.4. The van der Waals surface area contributed by atoms with Crippen molar-refractivity contribution in [3.8, 4) is 11.8 Å². The predicted molar refractivity (Wildman–Crippen MR) is 117 cm³/mol. The van der Waals surface area contributed by atoms with E-state index in [4.69, 9.17) is 4.43 Å². The smallest absolute Gasteiger partial charge is 0.269 e. The lowest BCUT2D eigenvalue weighted by Crippen LogP contribution is -2.53. The van der Waals surface area contributed by atoms with E-state index in [1.165, 1.54) is 6.07 Å². The van der Waals surface area contributed by atoms with Crippen molar-refractivity contribution in [2.75, 3.05) is 11.9 Å². The van der Waals surface area contributed by atoms with E-state index in [9.17, 15) is 15.4 Å². The molecule has 0 saturated heterocycles. The molecular formula is C22H27N3O3Si. The van der Waals surface area contributed by atoms with Crippen LogP contribution in [0.15, 0.2) is 42.5 Å². The highest BCUT2D eigenvalue weighted by Gasteiger charge is 2.56. The third kappa shape index (κ3) is 3.38. The number of hydrogen-bond donors (Lipinski definition) is 0. The molecule has 0 radical (unpaired) electrons. The summed E-state index contributed by atoms with van der Waals surface area (Å²) in [4.78, 5) is 13.0. The van der Waals surface area contributed by atoms with Crippen LogP contribution < -0.4 is 9.33 Å². The topological polar surface area (TPSA) is 79.4 Å². The van der Waals surface area contributed by atoms with E-state index in [0.29, 0.717) is 12.2 Å². The first-order valence-electron chi connectivity index (χ1n) is 9.64. The average Bonchev–Trinajstić information content (AvgIpc) is 2.81. The largest absolute Gasteiger partial charge is 0.544 e. The number of anilines is 1. The Morgan fingerprint density at radius 3 is 2.45 bits per heavy atom. The quantitative estimate of drug-likeness (QED) is 0.393. The number of rotatable bonds is 5. The van der Waals surface area contributed by atoms with Crippen LogP contribution in [0.1, 0.15) is 25.0 Å². The highest BCUT2D eigenvalue weighted by Crippen LogP contribution is 2.53. The summed E-state index contributed by atoms with van der Waals surface area (Å²) in [5.41, 5.74) is 1.49. The van der Waals surface area contributed by atoms with Crippen molar-refractivity contribution < 1.29 is 9.35 Å². The molecule has 0 spiro atoms. The van der Waals surface area contributed by atoms with Gasteiger partial charge in [-0.1, -0.05) is 25.1 Å². The fourth-order valence-corrected chi connectivity index (χ4v) is 5.06. The summed E-state index contributed by atoms with van der Waals surface area (Å²) in [6.07, 6.45) is 0.458. The third-order valence-corrected chi connectivity index (χ3v) is 6.87. The van der Waals surface area contributed by atoms with Gasteiger partial charge < -0.3 is 9.33 Å². The average molecular weight is 410 g/mol. The number of likely N-dealkylation sites (N-methyl/N-ethyl adjacent to an activating group) is 1. The van der Waals surface area contributed by atoms with Crippen molar-refractivity contribution in [3.63, 3.8) is 0 Å². The summed E-state index contributed by atoms with van der Waals surface area (Å²) in [7, 11) is 0.00215. The monoisotopic (exact) mass is 409 g/mol. The first kappa shape index (κ1) is 20.9. The molecule has 0 amide bonds. The number of nitro benzene ring substituents is 1. The summed E-state index contributed by atoms with van der Waals surface area (Å²) < 4.78 is 6.26. The summed E-state index contributed by atoms with van der Waals surface area (Å²) in [6.45, 7) is 10.2. The first-order chi connectivity index (χ1) is 13.4. The van der Waals surface area contributed by atoms with E-state index in [-0.39, 0.29) is 10.6 Å². The third-order valence-electron chi connectivity index (χ3n) is 6.04. The molecule has 0 N–H and O–H groups in total. The van der Waals surface area contributed by atoms with Gasteiger partial charge in [-0.25, -0.2) is 0 Å². The van der Waals surface area contributed by atoms with E-state index < -0.39 is 19.3 Å². The number of nitrogens with zero attached hydrogens (tertiary/aromatic N) is 3. The number of nitro groups is 1. The second-order valence-corrected chi connectivity index (χ2v) is 13.5. The molecule has 2 unspecified atom stereocenters. The number of nitriles is 1. The number of fused-ring (bicyclic) bond motifs is 1. The van der Waals surface area contributed by atoms with Crippen molar-refractivity contribution in [1.82, 2.24) is 0 Å². The fraction of sp³-hybridized carbons (Fsp3) is 0.409. The lowest BCUT2D eigenvalue weighted by atomic mass is 9.67. The number of hydrogen-bond acceptors (Lipinski definition) is 5. The standard InChI is InChI=1S/C22H27N3O3Si/c1-21(18-9-7-8-10-19(18)24(3)22(21,2)15-23)14-16-13-17(25(26)27)11-12-20(16)28-29(4,5)6/h7-13H,14H2,1-6H3. The Morgan fingerprint density at radius 1 is 1.21 bits per heavy atom. The Kier molecular flexibility index (Phi) is 4.96. The zero-order valence-electron chi connectivity index (χ0n) is 17.8. The van der Waals surface area contributed by atoms with Crippen LogP contribution >= 0.6 is 0 Å². The molecule has 0 saturated carbocycles. The van der Waals surface area contributed by atoms with E-state index in [1.54, 1.807) is 12.1 Å². The SMILES string of the molecule is CN1c2ccccc2C(C)(Cc2cc([N+](=O)[O-])ccc2O[Si](C)(C)C)C1(C)C#N. The number of benzene rings is 2. The molecule has 1 heterocycles. The van der Waals surface area contributed by atoms with Gasteiger partial charge in [-0.15, -0.1) is 0 Å². The summed E-state index contributed by atoms with van der Waals surface area (Å²) in [5.74, 6) is 0.670. The summed E-state index contributed by atoms with van der Waals surface area (Å²) >= 11 is 0. The maximum absolute atomic E-state index is 11.4. The molecular weight excluding hydrogens is 382 g/mol. The van der Waals surface area contributed by atoms with Gasteiger partial charge in [0.2, 0.25) is 8.32 Å². The first-order valence-corrected chi connectivity index (χ1v) is 13.0. The Labute approximate surface area is 173 Å². The summed E-state index contributed by atoms with van der Waals surface area (Å²) in [5, 5.41) is 21.6. The molecule has 0 aromatic heterocycles. The van der Waals surface area contributed by atoms with Crippen molar-refractivity contribution in [3.05, 3.63) is 63.7 Å². The molecule has 1 aliphatic heterocycles. The van der Waals surface area contributed by atoms with Gasteiger partial charge in [-0.05, 0) is 50.7 Å². The molecule has 1 aliphatic rings. The van der Waals surface area contributed by atoms with Gasteiger partial charge in [0.25, 0.3) is 5.69 Å². The summed E-state index contributed by atoms with van der Waals surface area (Å²) in [6, 6.07) is 15.3. The van der Waals surface area contributed by atoms with Crippen molar-refractivity contribution in [2.24, 2.45) is 0 Å². The highest BCUT2D eigenvalue weighted by atomic mass is 28.4. The molecule has 152 valence electrons. The molecule has 2 atom stereocenters. The van der Waals surface area contributed by atoms with Gasteiger partial charge >= 0.3 is 0 Å². The second-order valence-electron chi connectivity index (χ2n) is 9.03. The van der Waals surface area contributed by atoms with E-state index in [1.807, 2.05) is 43.1 Å². The van der Waals surface area contributed by atoms with Gasteiger partial charge in [0.15, 0.2) is 0 Å². The molecule has 6 nitrogen and oxygen atoms in total. The van der Waals surface area contributed by atoms with Crippen molar-refractivity contribution in [2.45, 2.75) is 50.9 Å². The maximum Gasteiger partial charge on any atom is 0.269 e. The second kappa shape index (κ2) is 6.89. The van der Waals surface area contributed by atoms with Gasteiger partial charge in [0, 0.05) is 35.8 Å². The van der Waals surface area contributed by atoms with E-state index in [2.05, 4.69) is 32.6 Å². The van der Waals surface area contributed by atoms with E-state index in [0.717, 1.165) is 16.8 Å². The Balaban J connectivity index is 2.18. The van der Waals surface area contributed by atoms with Gasteiger partial charge in [0.1, 0.15) is 11.3 Å².